The number of esters is 1. The number of rotatable bonds is 10. The molecule has 0 bridgehead atoms. The van der Waals surface area contributed by atoms with Crippen molar-refractivity contribution in [2.45, 2.75) is 78.7 Å². The first-order valence-corrected chi connectivity index (χ1v) is 8.42. The van der Waals surface area contributed by atoms with Gasteiger partial charge in [0.2, 0.25) is 0 Å². The van der Waals surface area contributed by atoms with E-state index >= 15 is 0 Å². The summed E-state index contributed by atoms with van der Waals surface area (Å²) < 4.78 is 32.6. The maximum Gasteiger partial charge on any atom is 0.306 e. The van der Waals surface area contributed by atoms with Crippen molar-refractivity contribution in [2.75, 3.05) is 0 Å². The van der Waals surface area contributed by atoms with E-state index in [1.165, 1.54) is 12.2 Å². The average molecular weight is 328 g/mol. The molecule has 0 heterocycles. The Bertz CT molecular complexity index is 443. The van der Waals surface area contributed by atoms with Gasteiger partial charge < -0.3 is 4.74 Å². The van der Waals surface area contributed by atoms with Gasteiger partial charge in [0.1, 0.15) is 6.10 Å². The number of carbonyl (C=O) groups excluding carboxylic acids is 1. The van der Waals surface area contributed by atoms with Gasteiger partial charge in [0, 0.05) is 18.9 Å². The van der Waals surface area contributed by atoms with E-state index in [0.717, 1.165) is 25.3 Å². The number of hydrogen-bond donors (Lipinski definition) is 0. The summed E-state index contributed by atoms with van der Waals surface area (Å²) in [6.45, 7) is 8.45. The predicted molar refractivity (Wildman–Crippen MR) is 91.6 cm³/mol. The molecule has 0 aromatic heterocycles. The van der Waals surface area contributed by atoms with Crippen molar-refractivity contribution in [3.63, 3.8) is 0 Å². The van der Waals surface area contributed by atoms with Gasteiger partial charge in [0.25, 0.3) is 5.92 Å². The molecule has 0 aromatic carbocycles. The van der Waals surface area contributed by atoms with Gasteiger partial charge in [-0.05, 0) is 31.8 Å². The first-order valence-electron chi connectivity index (χ1n) is 8.42. The van der Waals surface area contributed by atoms with Gasteiger partial charge in [-0.15, -0.1) is 0 Å². The Hall–Kier alpha value is -1.45. The van der Waals surface area contributed by atoms with Crippen LogP contribution in [0.3, 0.4) is 0 Å². The van der Waals surface area contributed by atoms with Gasteiger partial charge in [0.15, 0.2) is 0 Å². The maximum absolute atomic E-state index is 13.6. The molecule has 0 fully saturated rings. The van der Waals surface area contributed by atoms with Gasteiger partial charge in [0.05, 0.1) is 0 Å². The van der Waals surface area contributed by atoms with E-state index in [9.17, 15) is 13.6 Å². The predicted octanol–water partition coefficient (Wildman–Crippen LogP) is 5.99. The molecular weight excluding hydrogens is 298 g/mol. The van der Waals surface area contributed by atoms with Crippen LogP contribution in [-0.2, 0) is 9.53 Å². The first kappa shape index (κ1) is 21.6. The Morgan fingerprint density at radius 1 is 1.17 bits per heavy atom. The van der Waals surface area contributed by atoms with Gasteiger partial charge in [-0.3, -0.25) is 4.79 Å². The molecule has 1 unspecified atom stereocenters. The van der Waals surface area contributed by atoms with E-state index in [1.54, 1.807) is 6.08 Å². The van der Waals surface area contributed by atoms with Gasteiger partial charge in [-0.1, -0.05) is 51.5 Å². The fraction of sp³-hybridized carbons (Fsp3) is 0.632. The molecule has 0 aromatic rings. The molecule has 0 aliphatic carbocycles. The van der Waals surface area contributed by atoms with Crippen molar-refractivity contribution < 1.29 is 18.3 Å². The number of halogens is 2. The number of carbonyl (C=O) groups is 1. The third-order valence-electron chi connectivity index (χ3n) is 3.37. The maximum atomic E-state index is 13.6. The molecule has 0 radical (unpaired) electrons. The van der Waals surface area contributed by atoms with Crippen LogP contribution in [0.1, 0.15) is 66.7 Å². The van der Waals surface area contributed by atoms with Crippen LogP contribution in [0.25, 0.3) is 0 Å². The Kier molecular flexibility index (Phi) is 10.4. The molecule has 0 aliphatic rings. The second-order valence-corrected chi connectivity index (χ2v) is 5.60. The lowest BCUT2D eigenvalue weighted by Gasteiger charge is -2.19. The van der Waals surface area contributed by atoms with Crippen LogP contribution in [0.4, 0.5) is 8.78 Å². The minimum Gasteiger partial charge on any atom is -0.457 e. The monoisotopic (exact) mass is 328 g/mol. The van der Waals surface area contributed by atoms with E-state index in [-0.39, 0.29) is 17.6 Å². The Morgan fingerprint density at radius 3 is 2.26 bits per heavy atom. The minimum atomic E-state index is -2.88. The lowest BCUT2D eigenvalue weighted by Crippen LogP contribution is -2.20. The van der Waals surface area contributed by atoms with Crippen molar-refractivity contribution >= 4 is 5.97 Å². The number of hydrogen-bond acceptors (Lipinski definition) is 2. The second kappa shape index (κ2) is 11.1. The van der Waals surface area contributed by atoms with Crippen molar-refractivity contribution in [3.05, 3.63) is 35.5 Å². The first-order chi connectivity index (χ1) is 10.8. The molecule has 0 aliphatic heterocycles. The van der Waals surface area contributed by atoms with Gasteiger partial charge >= 0.3 is 5.97 Å². The molecule has 23 heavy (non-hydrogen) atoms. The Labute approximate surface area is 139 Å². The van der Waals surface area contributed by atoms with Crippen molar-refractivity contribution in [1.82, 2.24) is 0 Å². The normalized spacial score (nSPS) is 15.1. The van der Waals surface area contributed by atoms with Crippen LogP contribution >= 0.6 is 0 Å². The second-order valence-electron chi connectivity index (χ2n) is 5.60. The summed E-state index contributed by atoms with van der Waals surface area (Å²) in [5, 5.41) is 0. The van der Waals surface area contributed by atoms with E-state index in [0.29, 0.717) is 19.3 Å². The molecule has 4 heteroatoms. The highest BCUT2D eigenvalue weighted by molar-refractivity contribution is 5.69. The number of alkyl halides is 2. The topological polar surface area (TPSA) is 26.3 Å². The highest BCUT2D eigenvalue weighted by Gasteiger charge is 2.25. The summed E-state index contributed by atoms with van der Waals surface area (Å²) in [4.78, 5) is 11.7. The van der Waals surface area contributed by atoms with E-state index < -0.39 is 5.92 Å². The molecule has 0 amide bonds. The summed E-state index contributed by atoms with van der Waals surface area (Å²) >= 11 is 0. The third kappa shape index (κ3) is 8.68. The van der Waals surface area contributed by atoms with Crippen LogP contribution < -0.4 is 0 Å². The quantitative estimate of drug-likeness (QED) is 0.363. The number of ether oxygens (including phenoxy) is 1. The zero-order valence-electron chi connectivity index (χ0n) is 15.0. The summed E-state index contributed by atoms with van der Waals surface area (Å²) in [6.07, 6.45) is 9.17. The fourth-order valence-electron chi connectivity index (χ4n) is 2.17. The number of allylic oxidation sites excluding steroid dienone is 4. The third-order valence-corrected chi connectivity index (χ3v) is 3.37. The Morgan fingerprint density at radius 2 is 1.83 bits per heavy atom. The largest absolute Gasteiger partial charge is 0.457 e. The Balaban J connectivity index is 5.24. The summed E-state index contributed by atoms with van der Waals surface area (Å²) in [5.41, 5.74) is 0.733. The zero-order chi connectivity index (χ0) is 17.9. The molecule has 0 N–H and O–H groups in total. The molecule has 132 valence electrons. The van der Waals surface area contributed by atoms with E-state index in [4.69, 9.17) is 4.74 Å². The average Bonchev–Trinajstić information content (AvgIpc) is 2.45. The molecule has 0 spiro atoms. The lowest BCUT2D eigenvalue weighted by molar-refractivity contribution is -0.147. The van der Waals surface area contributed by atoms with Crippen LogP contribution in [0.5, 0.6) is 0 Å². The van der Waals surface area contributed by atoms with Gasteiger partial charge in [-0.2, -0.15) is 0 Å². The fourth-order valence-corrected chi connectivity index (χ4v) is 2.17. The molecule has 2 nitrogen and oxygen atoms in total. The molecular formula is C19H30F2O2. The van der Waals surface area contributed by atoms with Crippen molar-refractivity contribution in [3.8, 4) is 0 Å². The minimum absolute atomic E-state index is 0.0190. The smallest absolute Gasteiger partial charge is 0.306 e. The summed E-state index contributed by atoms with van der Waals surface area (Å²) in [7, 11) is 0. The van der Waals surface area contributed by atoms with Crippen LogP contribution in [0, 0.1) is 0 Å². The van der Waals surface area contributed by atoms with Crippen LogP contribution in [-0.4, -0.2) is 18.0 Å². The van der Waals surface area contributed by atoms with Crippen LogP contribution in [0.15, 0.2) is 35.5 Å². The molecule has 0 saturated heterocycles. The molecule has 0 saturated carbocycles. The van der Waals surface area contributed by atoms with E-state index in [1.807, 2.05) is 33.8 Å². The molecule has 0 rings (SSSR count). The standard InChI is InChI=1S/C19H30F2O2/c1-6-10-16(19(5,20)21)14-13-15(9-4)17(11-7-2)23-18(22)12-8-3/h9-10,13-14,17H,6-8,11-12H2,1-5H3/b14-13-,15-9+,16-10+. The lowest BCUT2D eigenvalue weighted by atomic mass is 10.0. The van der Waals surface area contributed by atoms with Gasteiger partial charge in [-0.25, -0.2) is 8.78 Å². The highest BCUT2D eigenvalue weighted by Crippen LogP contribution is 2.26. The SMILES string of the molecule is C\C=C(/C=C\C(=C/CC)C(C)(F)F)C(CCC)OC(=O)CCC. The van der Waals surface area contributed by atoms with Crippen molar-refractivity contribution in [1.29, 1.82) is 0 Å². The van der Waals surface area contributed by atoms with Crippen LogP contribution in [0.2, 0.25) is 0 Å². The zero-order valence-corrected chi connectivity index (χ0v) is 15.0. The summed E-state index contributed by atoms with van der Waals surface area (Å²) in [5.74, 6) is -3.13. The van der Waals surface area contributed by atoms with Crippen molar-refractivity contribution in [2.24, 2.45) is 0 Å². The van der Waals surface area contributed by atoms with E-state index in [2.05, 4.69) is 0 Å². The summed E-state index contributed by atoms with van der Waals surface area (Å²) in [6, 6.07) is 0. The highest BCUT2D eigenvalue weighted by atomic mass is 19.3. The molecule has 1 atom stereocenters.